The standard InChI is InChI=1S/C8H9N2O3PS/c9-6-3-4-15-8-5(6)1-2-7(10-8)13-14(11)12/h1-2,6H,3-4,9H2/p+1. The zero-order chi connectivity index (χ0) is 10.8. The van der Waals surface area contributed by atoms with Gasteiger partial charge >= 0.3 is 8.25 Å². The van der Waals surface area contributed by atoms with Crippen molar-refractivity contribution < 1.29 is 14.0 Å². The molecule has 2 unspecified atom stereocenters. The van der Waals surface area contributed by atoms with Gasteiger partial charge in [-0.05, 0) is 12.5 Å². The zero-order valence-electron chi connectivity index (χ0n) is 7.79. The Bertz CT molecular complexity index is 401. The number of nitrogens with two attached hydrogens (primary N) is 1. The molecular weight excluding hydrogens is 235 g/mol. The van der Waals surface area contributed by atoms with Gasteiger partial charge < -0.3 is 5.73 Å². The van der Waals surface area contributed by atoms with Crippen LogP contribution in [0.3, 0.4) is 0 Å². The molecular formula is C8H10N2O3PS+. The predicted octanol–water partition coefficient (Wildman–Crippen LogP) is 1.61. The number of pyridine rings is 1. The molecule has 2 atom stereocenters. The summed E-state index contributed by atoms with van der Waals surface area (Å²) in [6.45, 7) is 0. The van der Waals surface area contributed by atoms with Gasteiger partial charge in [-0.25, -0.2) is 9.51 Å². The molecule has 1 aliphatic rings. The number of hydrogen-bond acceptors (Lipinski definition) is 5. The van der Waals surface area contributed by atoms with Crippen LogP contribution < -0.4 is 10.3 Å². The van der Waals surface area contributed by atoms with Crippen molar-refractivity contribution in [3.05, 3.63) is 17.7 Å². The van der Waals surface area contributed by atoms with E-state index in [0.29, 0.717) is 0 Å². The van der Waals surface area contributed by atoms with E-state index in [1.165, 1.54) is 0 Å². The molecule has 2 heterocycles. The molecule has 0 spiro atoms. The molecule has 1 aromatic heterocycles. The summed E-state index contributed by atoms with van der Waals surface area (Å²) in [6, 6.07) is 3.37. The lowest BCUT2D eigenvalue weighted by atomic mass is 10.1. The number of aromatic nitrogens is 1. The lowest BCUT2D eigenvalue weighted by Crippen LogP contribution is -2.16. The lowest BCUT2D eigenvalue weighted by molar-refractivity contribution is 0.402. The van der Waals surface area contributed by atoms with Gasteiger partial charge in [0.2, 0.25) is 0 Å². The van der Waals surface area contributed by atoms with Crippen LogP contribution in [0.5, 0.6) is 5.88 Å². The number of thioether (sulfide) groups is 1. The Morgan fingerprint density at radius 1 is 1.67 bits per heavy atom. The first-order chi connectivity index (χ1) is 7.16. The molecule has 5 nitrogen and oxygen atoms in total. The Morgan fingerprint density at radius 2 is 2.47 bits per heavy atom. The average Bonchev–Trinajstić information content (AvgIpc) is 2.17. The van der Waals surface area contributed by atoms with E-state index in [9.17, 15) is 4.57 Å². The van der Waals surface area contributed by atoms with Gasteiger partial charge in [0.1, 0.15) is 5.03 Å². The largest absolute Gasteiger partial charge is 0.749 e. The number of rotatable bonds is 2. The van der Waals surface area contributed by atoms with E-state index in [1.54, 1.807) is 23.9 Å². The number of nitrogens with zero attached hydrogens (tertiary/aromatic N) is 1. The quantitative estimate of drug-likeness (QED) is 0.770. The second kappa shape index (κ2) is 4.45. The Balaban J connectivity index is 2.29. The monoisotopic (exact) mass is 245 g/mol. The highest BCUT2D eigenvalue weighted by Gasteiger charge is 2.22. The highest BCUT2D eigenvalue weighted by molar-refractivity contribution is 7.99. The molecule has 0 saturated carbocycles. The Labute approximate surface area is 92.0 Å². The van der Waals surface area contributed by atoms with Crippen LogP contribution in [0.1, 0.15) is 18.0 Å². The van der Waals surface area contributed by atoms with E-state index in [-0.39, 0.29) is 11.9 Å². The van der Waals surface area contributed by atoms with Gasteiger partial charge in [0.25, 0.3) is 5.88 Å². The summed E-state index contributed by atoms with van der Waals surface area (Å²) < 4.78 is 15.1. The lowest BCUT2D eigenvalue weighted by Gasteiger charge is -2.19. The molecule has 1 aliphatic heterocycles. The van der Waals surface area contributed by atoms with Gasteiger partial charge in [0.05, 0.1) is 0 Å². The van der Waals surface area contributed by atoms with Crippen LogP contribution in [-0.4, -0.2) is 15.6 Å². The first-order valence-electron chi connectivity index (χ1n) is 4.40. The van der Waals surface area contributed by atoms with E-state index in [0.717, 1.165) is 22.8 Å². The zero-order valence-corrected chi connectivity index (χ0v) is 9.50. The maximum atomic E-state index is 10.5. The minimum absolute atomic E-state index is 0.00527. The third kappa shape index (κ3) is 2.46. The fraction of sp³-hybridized carbons (Fsp3) is 0.375. The minimum Gasteiger partial charge on any atom is -0.324 e. The van der Waals surface area contributed by atoms with Gasteiger partial charge in [0.15, 0.2) is 0 Å². The van der Waals surface area contributed by atoms with E-state index in [2.05, 4.69) is 9.51 Å². The van der Waals surface area contributed by atoms with E-state index >= 15 is 0 Å². The summed E-state index contributed by atoms with van der Waals surface area (Å²) in [5, 5.41) is 0.795. The fourth-order valence-corrected chi connectivity index (χ4v) is 2.77. The van der Waals surface area contributed by atoms with Crippen LogP contribution in [0.25, 0.3) is 0 Å². The minimum atomic E-state index is -2.65. The Hall–Kier alpha value is -0.680. The molecule has 0 radical (unpaired) electrons. The molecule has 80 valence electrons. The molecule has 2 rings (SSSR count). The molecule has 1 aromatic rings. The SMILES string of the molecule is NC1CCSc2nc(O[P+](=O)O)ccc21. The Kier molecular flexibility index (Phi) is 3.21. The molecule has 7 heteroatoms. The first kappa shape index (κ1) is 10.8. The summed E-state index contributed by atoms with van der Waals surface area (Å²) in [6.07, 6.45) is 0.924. The van der Waals surface area contributed by atoms with Crippen LogP contribution in [0.4, 0.5) is 0 Å². The number of hydrogen-bond donors (Lipinski definition) is 2. The van der Waals surface area contributed by atoms with Crippen molar-refractivity contribution >= 4 is 20.0 Å². The third-order valence-corrected chi connectivity index (χ3v) is 3.49. The summed E-state index contributed by atoms with van der Waals surface area (Å²) in [5.74, 6) is 1.08. The molecule has 15 heavy (non-hydrogen) atoms. The highest BCUT2D eigenvalue weighted by atomic mass is 32.2. The van der Waals surface area contributed by atoms with Crippen molar-refractivity contribution in [3.63, 3.8) is 0 Å². The van der Waals surface area contributed by atoms with E-state index < -0.39 is 8.25 Å². The van der Waals surface area contributed by atoms with Gasteiger partial charge in [-0.3, -0.25) is 0 Å². The molecule has 3 N–H and O–H groups in total. The van der Waals surface area contributed by atoms with Gasteiger partial charge in [-0.1, -0.05) is 0 Å². The Morgan fingerprint density at radius 3 is 3.20 bits per heavy atom. The smallest absolute Gasteiger partial charge is 0.324 e. The summed E-state index contributed by atoms with van der Waals surface area (Å²) >= 11 is 1.59. The second-order valence-corrected chi connectivity index (χ2v) is 4.86. The topological polar surface area (TPSA) is 85.4 Å². The van der Waals surface area contributed by atoms with Crippen molar-refractivity contribution in [2.75, 3.05) is 5.75 Å². The third-order valence-electron chi connectivity index (χ3n) is 2.10. The van der Waals surface area contributed by atoms with Crippen molar-refractivity contribution in [1.82, 2.24) is 4.98 Å². The van der Waals surface area contributed by atoms with Crippen LogP contribution in [0, 0.1) is 0 Å². The molecule has 0 fully saturated rings. The maximum absolute atomic E-state index is 10.5. The predicted molar refractivity (Wildman–Crippen MR) is 57.0 cm³/mol. The summed E-state index contributed by atoms with van der Waals surface area (Å²) in [5.41, 5.74) is 6.87. The maximum Gasteiger partial charge on any atom is 0.749 e. The molecule has 0 aromatic carbocycles. The molecule has 0 bridgehead atoms. The van der Waals surface area contributed by atoms with Gasteiger partial charge in [-0.15, -0.1) is 16.7 Å². The van der Waals surface area contributed by atoms with Crippen molar-refractivity contribution in [2.45, 2.75) is 17.5 Å². The summed E-state index contributed by atoms with van der Waals surface area (Å²) in [7, 11) is -2.65. The molecule has 0 saturated heterocycles. The molecule has 0 amide bonds. The van der Waals surface area contributed by atoms with Crippen molar-refractivity contribution in [3.8, 4) is 5.88 Å². The van der Waals surface area contributed by atoms with Crippen LogP contribution in [0.15, 0.2) is 17.2 Å². The van der Waals surface area contributed by atoms with Crippen LogP contribution in [-0.2, 0) is 4.57 Å². The van der Waals surface area contributed by atoms with E-state index in [4.69, 9.17) is 10.6 Å². The average molecular weight is 245 g/mol. The van der Waals surface area contributed by atoms with Gasteiger partial charge in [0, 0.05) is 28.0 Å². The highest BCUT2D eigenvalue weighted by Crippen LogP contribution is 2.35. The first-order valence-corrected chi connectivity index (χ1v) is 6.52. The van der Waals surface area contributed by atoms with Gasteiger partial charge in [-0.2, -0.15) is 0 Å². The van der Waals surface area contributed by atoms with Crippen LogP contribution in [0.2, 0.25) is 0 Å². The fourth-order valence-electron chi connectivity index (χ4n) is 1.40. The molecule has 0 aliphatic carbocycles. The number of fused-ring (bicyclic) bond motifs is 1. The normalized spacial score (nSPS) is 20.7. The van der Waals surface area contributed by atoms with E-state index in [1.807, 2.05) is 0 Å². The summed E-state index contributed by atoms with van der Waals surface area (Å²) in [4.78, 5) is 12.7. The van der Waals surface area contributed by atoms with Crippen molar-refractivity contribution in [2.24, 2.45) is 5.73 Å². The van der Waals surface area contributed by atoms with Crippen LogP contribution >= 0.6 is 20.0 Å². The second-order valence-electron chi connectivity index (χ2n) is 3.12. The van der Waals surface area contributed by atoms with Crippen molar-refractivity contribution in [1.29, 1.82) is 0 Å².